The molecule has 0 bridgehead atoms. The zero-order chi connectivity index (χ0) is 34.7. The SMILES string of the molecule is CC(C)(C)OC(=O)N[C@@H](CCCBr)C(=O)OC(C)(C)C.[C-]#[15N+]CCC[C@H](NC(=O)OC(C)(C)C)C(=O)OC(C)(C)C.[C-]#[15N].[K+]. The van der Waals surface area contributed by atoms with Gasteiger partial charge in [-0.25, -0.2) is 25.8 Å². The van der Waals surface area contributed by atoms with Crippen LogP contribution in [0.15, 0.2) is 0 Å². The number of hydrogen-bond donors (Lipinski definition) is 2. The molecule has 0 aliphatic rings. The topological polar surface area (TPSA) is 157 Å². The number of alkyl carbamates (subject to hydrolysis) is 2. The second-order valence-electron chi connectivity index (χ2n) is 13.3. The molecule has 2 atom stereocenters. The summed E-state index contributed by atoms with van der Waals surface area (Å²) >= 11 is 3.31. The summed E-state index contributed by atoms with van der Waals surface area (Å²) in [5.74, 6) is -0.956. The molecule has 0 radical (unpaired) electrons. The van der Waals surface area contributed by atoms with E-state index in [4.69, 9.17) is 37.4 Å². The molecule has 0 aliphatic heterocycles. The molecule has 0 saturated carbocycles. The van der Waals surface area contributed by atoms with E-state index in [1.807, 2.05) is 0 Å². The molecule has 248 valence electrons. The molecule has 0 rings (SSSR count). The van der Waals surface area contributed by atoms with E-state index in [2.05, 4.69) is 31.4 Å². The first kappa shape index (κ1) is 49.5. The minimum atomic E-state index is -0.805. The largest absolute Gasteiger partial charge is 1.00 e. The molecule has 0 aromatic rings. The molecule has 0 aromatic heterocycles. The second-order valence-corrected chi connectivity index (χ2v) is 14.1. The summed E-state index contributed by atoms with van der Waals surface area (Å²) in [6.07, 6.45) is 0.822. The predicted octanol–water partition coefficient (Wildman–Crippen LogP) is 3.42. The van der Waals surface area contributed by atoms with Gasteiger partial charge in [-0.2, -0.15) is 0 Å². The van der Waals surface area contributed by atoms with Gasteiger partial charge >= 0.3 is 75.5 Å². The van der Waals surface area contributed by atoms with Gasteiger partial charge in [0.25, 0.3) is 0 Å². The molecule has 0 fully saturated rings. The van der Waals surface area contributed by atoms with Crippen LogP contribution >= 0.6 is 15.9 Å². The van der Waals surface area contributed by atoms with Gasteiger partial charge in [0, 0.05) is 11.8 Å². The van der Waals surface area contributed by atoms with Crippen molar-refractivity contribution in [1.29, 1.82) is 5.26 Å². The van der Waals surface area contributed by atoms with E-state index < -0.39 is 58.6 Å². The Morgan fingerprint density at radius 1 is 0.659 bits per heavy atom. The summed E-state index contributed by atoms with van der Waals surface area (Å²) < 4.78 is 20.9. The average Bonchev–Trinajstić information content (AvgIpc) is 2.78. The van der Waals surface area contributed by atoms with E-state index in [-0.39, 0.29) is 51.4 Å². The van der Waals surface area contributed by atoms with Crippen LogP contribution in [0.1, 0.15) is 109 Å². The zero-order valence-electron chi connectivity index (χ0n) is 28.9. The van der Waals surface area contributed by atoms with Gasteiger partial charge in [0.2, 0.25) is 6.54 Å². The van der Waals surface area contributed by atoms with Gasteiger partial charge in [-0.3, -0.25) is 0 Å². The van der Waals surface area contributed by atoms with Crippen molar-refractivity contribution in [2.75, 3.05) is 11.9 Å². The first-order valence-electron chi connectivity index (χ1n) is 14.0. The third-order valence-corrected chi connectivity index (χ3v) is 4.71. The van der Waals surface area contributed by atoms with E-state index in [0.29, 0.717) is 25.8 Å². The van der Waals surface area contributed by atoms with Crippen molar-refractivity contribution in [1.82, 2.24) is 10.6 Å². The van der Waals surface area contributed by atoms with Crippen molar-refractivity contribution in [2.24, 2.45) is 0 Å². The van der Waals surface area contributed by atoms with Crippen molar-refractivity contribution in [3.8, 4) is 0 Å². The minimum absolute atomic E-state index is 0. The van der Waals surface area contributed by atoms with E-state index >= 15 is 0 Å². The summed E-state index contributed by atoms with van der Waals surface area (Å²) in [6.45, 7) is 33.0. The fourth-order valence-electron chi connectivity index (χ4n) is 2.80. The number of alkyl halides is 1. The van der Waals surface area contributed by atoms with Crippen molar-refractivity contribution in [2.45, 2.75) is 143 Å². The first-order chi connectivity index (χ1) is 19.4. The van der Waals surface area contributed by atoms with Crippen molar-refractivity contribution < 1.29 is 89.5 Å². The Balaban J connectivity index is -0.000000337. The molecule has 2 amide bonds. The molecule has 0 aliphatic carbocycles. The van der Waals surface area contributed by atoms with E-state index in [9.17, 15) is 19.2 Å². The Hall–Kier alpha value is -1.42. The summed E-state index contributed by atoms with van der Waals surface area (Å²) in [5, 5.41) is 12.1. The number of esters is 2. The summed E-state index contributed by atoms with van der Waals surface area (Å²) in [5.41, 5.74) is -2.46. The van der Waals surface area contributed by atoms with Gasteiger partial charge in [-0.15, -0.1) is 0 Å². The van der Waals surface area contributed by atoms with Gasteiger partial charge < -0.3 is 46.3 Å². The van der Waals surface area contributed by atoms with Crippen LogP contribution in [-0.2, 0) is 28.5 Å². The van der Waals surface area contributed by atoms with E-state index in [1.165, 1.54) is 0 Å². The third kappa shape index (κ3) is 33.5. The number of hydrogen-bond acceptors (Lipinski definition) is 9. The van der Waals surface area contributed by atoms with E-state index in [1.54, 1.807) is 83.1 Å². The predicted molar refractivity (Wildman–Crippen MR) is 167 cm³/mol. The molecule has 0 heterocycles. The number of amides is 2. The summed E-state index contributed by atoms with van der Waals surface area (Å²) in [6, 6.07) is -1.50. The van der Waals surface area contributed by atoms with Crippen LogP contribution in [0.2, 0.25) is 0 Å². The smallest absolute Gasteiger partial charge is 0.512 e. The molecule has 44 heavy (non-hydrogen) atoms. The maximum absolute atomic E-state index is 12.1. The standard InChI is InChI=1S/C15H26N2O4.C14H26BrNO4.CN.K/c1-14(2,3)20-12(18)11(9-8-10-16-7)17-13(19)21-15(4,5)6;1-13(2,3)19-11(17)10(8-7-9-15)16-12(18)20-14(4,5)6;1-2;/h11H,8-10H2,1-6H3,(H,17,19);10H,7-9H2,1-6H3,(H,16,18);;/q;;-1;+1/t11-;10-;;/m00../s1/i16+1;;2+1;. The maximum atomic E-state index is 12.1. The van der Waals surface area contributed by atoms with Crippen LogP contribution in [0.4, 0.5) is 9.59 Å². The summed E-state index contributed by atoms with van der Waals surface area (Å²) in [4.78, 5) is 50.9. The molecular weight excluding hydrogens is 665 g/mol. The number of carbonyl (C=O) groups is 4. The Morgan fingerprint density at radius 3 is 1.20 bits per heavy atom. The molecule has 0 spiro atoms. The number of halogens is 1. The Morgan fingerprint density at radius 2 is 0.955 bits per heavy atom. The van der Waals surface area contributed by atoms with Crippen molar-refractivity contribution in [3.63, 3.8) is 0 Å². The molecule has 0 unspecified atom stereocenters. The minimum Gasteiger partial charge on any atom is -0.512 e. The molecule has 14 heteroatoms. The third-order valence-electron chi connectivity index (χ3n) is 4.15. The van der Waals surface area contributed by atoms with Crippen LogP contribution in [0, 0.1) is 18.4 Å². The number of nitrogens with zero attached hydrogens (tertiary/aromatic N) is 2. The molecule has 0 aromatic carbocycles. The van der Waals surface area contributed by atoms with Crippen LogP contribution in [-0.4, -0.2) is 70.5 Å². The maximum Gasteiger partial charge on any atom is 1.00 e. The van der Waals surface area contributed by atoms with Gasteiger partial charge in [0.05, 0.1) is 0 Å². The normalized spacial score (nSPS) is 12.4. The number of carbonyl (C=O) groups excluding carboxylic acids is 4. The van der Waals surface area contributed by atoms with Crippen LogP contribution < -0.4 is 62.0 Å². The van der Waals surface area contributed by atoms with Crippen LogP contribution in [0.5, 0.6) is 0 Å². The number of nitrogens with one attached hydrogen (secondary N) is 2. The molecular formula is C30H52BrKN4O8. The first-order valence-corrected chi connectivity index (χ1v) is 15.1. The quantitative estimate of drug-likeness (QED) is 0.0658. The summed E-state index contributed by atoms with van der Waals surface area (Å²) in [7, 11) is 0. The molecule has 2 N–H and O–H groups in total. The monoisotopic (exact) mass is 716 g/mol. The van der Waals surface area contributed by atoms with Crippen LogP contribution in [0.3, 0.4) is 0 Å². The fourth-order valence-corrected chi connectivity index (χ4v) is 3.12. The van der Waals surface area contributed by atoms with Gasteiger partial charge in [0.15, 0.2) is 0 Å². The second kappa shape index (κ2) is 23.8. The average molecular weight is 718 g/mol. The Bertz CT molecular complexity index is 927. The zero-order valence-corrected chi connectivity index (χ0v) is 33.6. The van der Waals surface area contributed by atoms with Gasteiger partial charge in [-0.1, -0.05) is 15.9 Å². The van der Waals surface area contributed by atoms with Crippen molar-refractivity contribution >= 4 is 40.1 Å². The van der Waals surface area contributed by atoms with Crippen molar-refractivity contribution in [3.05, 3.63) is 18.0 Å². The molecule has 12 nitrogen and oxygen atoms in total. The van der Waals surface area contributed by atoms with Crippen LogP contribution in [0.25, 0.3) is 4.85 Å². The molecule has 0 saturated heterocycles. The van der Waals surface area contributed by atoms with Gasteiger partial charge in [-0.05, 0) is 102 Å². The number of rotatable bonds is 10. The number of ether oxygens (including phenoxy) is 4. The van der Waals surface area contributed by atoms with Gasteiger partial charge in [0.1, 0.15) is 34.5 Å². The Labute approximate surface area is 315 Å². The fraction of sp³-hybridized carbons (Fsp3) is 0.800. The van der Waals surface area contributed by atoms with E-state index in [0.717, 1.165) is 11.8 Å². The Kier molecular flexibility index (Phi) is 26.8.